The average Bonchev–Trinajstić information content (AvgIpc) is 3.45. The van der Waals surface area contributed by atoms with Crippen molar-refractivity contribution in [2.75, 3.05) is 0 Å². The van der Waals surface area contributed by atoms with Gasteiger partial charge in [0.15, 0.2) is 0 Å². The van der Waals surface area contributed by atoms with E-state index >= 15 is 0 Å². The van der Waals surface area contributed by atoms with Crippen molar-refractivity contribution in [1.29, 1.82) is 0 Å². The van der Waals surface area contributed by atoms with Crippen LogP contribution in [0.5, 0.6) is 5.75 Å². The largest absolute Gasteiger partial charge is 0.489 e. The van der Waals surface area contributed by atoms with Crippen LogP contribution >= 0.6 is 34.8 Å². The highest BCUT2D eigenvalue weighted by Gasteiger charge is 2.46. The standard InChI is InChI=1S/C31H25Cl3N2O5/c1-15(2)28-21(27(36-41-28)26-23(32)4-3-5-24(26)33)14-40-18-7-9-22(25(34)11-18)31(39)12-17(13-31)16-6-8-19-20(10-16)30(38)35-29(19)37/h3-11,15,17,39H,12-14H2,1-2H3,(H,35,37,38). The van der Waals surface area contributed by atoms with Gasteiger partial charge in [0.05, 0.1) is 37.4 Å². The molecule has 0 unspecified atom stereocenters. The molecular formula is C31H25Cl3N2O5. The van der Waals surface area contributed by atoms with Crippen molar-refractivity contribution in [3.8, 4) is 17.0 Å². The molecule has 2 heterocycles. The highest BCUT2D eigenvalue weighted by Crippen LogP contribution is 2.53. The van der Waals surface area contributed by atoms with E-state index in [1.54, 1.807) is 48.5 Å². The molecule has 10 heteroatoms. The van der Waals surface area contributed by atoms with Gasteiger partial charge in [-0.25, -0.2) is 0 Å². The lowest BCUT2D eigenvalue weighted by atomic mass is 9.65. The van der Waals surface area contributed by atoms with Crippen molar-refractivity contribution < 1.29 is 24.0 Å². The normalized spacial score (nSPS) is 19.7. The Hall–Kier alpha value is -3.36. The molecule has 7 nitrogen and oxygen atoms in total. The number of ether oxygens (including phenoxy) is 1. The van der Waals surface area contributed by atoms with Crippen LogP contribution in [0.1, 0.15) is 81.7 Å². The lowest BCUT2D eigenvalue weighted by Crippen LogP contribution is -2.40. The number of fused-ring (bicyclic) bond motifs is 1. The zero-order chi connectivity index (χ0) is 29.1. The van der Waals surface area contributed by atoms with E-state index in [0.717, 1.165) is 11.1 Å². The monoisotopic (exact) mass is 610 g/mol. The minimum atomic E-state index is -1.12. The van der Waals surface area contributed by atoms with Crippen LogP contribution in [-0.2, 0) is 12.2 Å². The lowest BCUT2D eigenvalue weighted by molar-refractivity contribution is -0.0549. The van der Waals surface area contributed by atoms with E-state index in [1.165, 1.54) is 0 Å². The average molecular weight is 612 g/mol. The minimum Gasteiger partial charge on any atom is -0.489 e. The SMILES string of the molecule is CC(C)c1onc(-c2c(Cl)cccc2Cl)c1COc1ccc(C2(O)CC(c3ccc4c(c3)C(=O)NC4=O)C2)c(Cl)c1. The van der Waals surface area contributed by atoms with Gasteiger partial charge in [0.1, 0.15) is 23.8 Å². The van der Waals surface area contributed by atoms with Crippen molar-refractivity contribution in [2.45, 2.75) is 50.7 Å². The summed E-state index contributed by atoms with van der Waals surface area (Å²) in [6.45, 7) is 4.14. The van der Waals surface area contributed by atoms with Crippen LogP contribution in [-0.4, -0.2) is 22.1 Å². The molecule has 41 heavy (non-hydrogen) atoms. The van der Waals surface area contributed by atoms with Gasteiger partial charge in [-0.2, -0.15) is 0 Å². The zero-order valence-electron chi connectivity index (χ0n) is 22.1. The lowest BCUT2D eigenvalue weighted by Gasteiger charge is -2.45. The molecule has 0 bridgehead atoms. The Bertz CT molecular complexity index is 1690. The molecule has 4 aromatic rings. The molecule has 2 N–H and O–H groups in total. The van der Waals surface area contributed by atoms with Crippen LogP contribution < -0.4 is 10.1 Å². The molecule has 3 aromatic carbocycles. The van der Waals surface area contributed by atoms with E-state index in [4.69, 9.17) is 44.1 Å². The topological polar surface area (TPSA) is 102 Å². The number of aromatic nitrogens is 1. The van der Waals surface area contributed by atoms with Gasteiger partial charge in [0, 0.05) is 17.0 Å². The minimum absolute atomic E-state index is 0.0268. The van der Waals surface area contributed by atoms with E-state index in [0.29, 0.717) is 67.4 Å². The predicted molar refractivity (Wildman–Crippen MR) is 156 cm³/mol. The van der Waals surface area contributed by atoms with E-state index in [9.17, 15) is 14.7 Å². The smallest absolute Gasteiger partial charge is 0.258 e. The van der Waals surface area contributed by atoms with Crippen LogP contribution in [0.2, 0.25) is 15.1 Å². The first-order valence-electron chi connectivity index (χ1n) is 13.1. The van der Waals surface area contributed by atoms with Gasteiger partial charge in [-0.15, -0.1) is 0 Å². The molecule has 210 valence electrons. The first-order valence-corrected chi connectivity index (χ1v) is 14.3. The molecule has 0 atom stereocenters. The van der Waals surface area contributed by atoms with Crippen LogP contribution in [0.25, 0.3) is 11.3 Å². The van der Waals surface area contributed by atoms with Crippen molar-refractivity contribution >= 4 is 46.6 Å². The highest BCUT2D eigenvalue weighted by molar-refractivity contribution is 6.39. The molecule has 2 amide bonds. The van der Waals surface area contributed by atoms with Crippen molar-refractivity contribution in [3.05, 3.63) is 103 Å². The second-order valence-electron chi connectivity index (χ2n) is 10.8. The maximum absolute atomic E-state index is 12.1. The summed E-state index contributed by atoms with van der Waals surface area (Å²) in [5.41, 5.74) is 2.97. The van der Waals surface area contributed by atoms with Gasteiger partial charge in [0.2, 0.25) is 0 Å². The van der Waals surface area contributed by atoms with Gasteiger partial charge in [-0.3, -0.25) is 14.9 Å². The number of carbonyl (C=O) groups is 2. The van der Waals surface area contributed by atoms with Gasteiger partial charge >= 0.3 is 0 Å². The number of imide groups is 1. The fourth-order valence-electron chi connectivity index (χ4n) is 5.60. The number of hydrogen-bond acceptors (Lipinski definition) is 6. The van der Waals surface area contributed by atoms with Crippen molar-refractivity contribution in [1.82, 2.24) is 10.5 Å². The van der Waals surface area contributed by atoms with Gasteiger partial charge in [-0.1, -0.05) is 72.0 Å². The van der Waals surface area contributed by atoms with Crippen LogP contribution in [0.15, 0.2) is 59.1 Å². The number of nitrogens with zero attached hydrogens (tertiary/aromatic N) is 1. The Morgan fingerprint density at radius 1 is 1.00 bits per heavy atom. The summed E-state index contributed by atoms with van der Waals surface area (Å²) in [5.74, 6) is 0.474. The second kappa shape index (κ2) is 10.5. The Balaban J connectivity index is 1.19. The summed E-state index contributed by atoms with van der Waals surface area (Å²) in [7, 11) is 0. The van der Waals surface area contributed by atoms with E-state index in [1.807, 2.05) is 19.9 Å². The third kappa shape index (κ3) is 4.91. The van der Waals surface area contributed by atoms with Crippen molar-refractivity contribution in [2.24, 2.45) is 0 Å². The summed E-state index contributed by atoms with van der Waals surface area (Å²) in [4.78, 5) is 23.9. The molecule has 0 radical (unpaired) electrons. The van der Waals surface area contributed by atoms with Gasteiger partial charge < -0.3 is 14.4 Å². The molecular weight excluding hydrogens is 587 g/mol. The molecule has 6 rings (SSSR count). The fourth-order valence-corrected chi connectivity index (χ4v) is 6.53. The third-order valence-corrected chi connectivity index (χ3v) is 8.71. The van der Waals surface area contributed by atoms with E-state index in [-0.39, 0.29) is 24.3 Å². The first kappa shape index (κ1) is 27.8. The molecule has 0 saturated heterocycles. The molecule has 0 spiro atoms. The second-order valence-corrected chi connectivity index (χ2v) is 12.0. The molecule has 1 aliphatic heterocycles. The van der Waals surface area contributed by atoms with E-state index in [2.05, 4.69) is 10.5 Å². The quantitative estimate of drug-likeness (QED) is 0.208. The predicted octanol–water partition coefficient (Wildman–Crippen LogP) is 7.65. The number of hydrogen-bond donors (Lipinski definition) is 2. The highest BCUT2D eigenvalue weighted by atomic mass is 35.5. The maximum atomic E-state index is 12.1. The van der Waals surface area contributed by atoms with Gasteiger partial charge in [0.25, 0.3) is 11.8 Å². The van der Waals surface area contributed by atoms with Gasteiger partial charge in [-0.05, 0) is 60.7 Å². The Morgan fingerprint density at radius 2 is 1.71 bits per heavy atom. The molecule has 1 aliphatic carbocycles. The molecule has 1 fully saturated rings. The number of nitrogens with one attached hydrogen (secondary N) is 1. The number of amides is 2. The molecule has 1 saturated carbocycles. The summed E-state index contributed by atoms with van der Waals surface area (Å²) < 4.78 is 11.8. The Morgan fingerprint density at radius 3 is 2.39 bits per heavy atom. The molecule has 1 aromatic heterocycles. The van der Waals surface area contributed by atoms with E-state index < -0.39 is 11.5 Å². The Kier molecular flexibility index (Phi) is 7.10. The zero-order valence-corrected chi connectivity index (χ0v) is 24.4. The fraction of sp³-hybridized carbons (Fsp3) is 0.258. The Labute approximate surface area is 251 Å². The van der Waals surface area contributed by atoms with Crippen LogP contribution in [0, 0.1) is 0 Å². The summed E-state index contributed by atoms with van der Waals surface area (Å²) in [5, 5.41) is 19.2. The summed E-state index contributed by atoms with van der Waals surface area (Å²) >= 11 is 19.5. The third-order valence-electron chi connectivity index (χ3n) is 7.77. The van der Waals surface area contributed by atoms with Crippen molar-refractivity contribution in [3.63, 3.8) is 0 Å². The van der Waals surface area contributed by atoms with Crippen LogP contribution in [0.3, 0.4) is 0 Å². The summed E-state index contributed by atoms with van der Waals surface area (Å²) in [6, 6.07) is 15.7. The number of benzene rings is 3. The molecule has 2 aliphatic rings. The maximum Gasteiger partial charge on any atom is 0.258 e. The number of rotatable bonds is 7. The number of carbonyl (C=O) groups excluding carboxylic acids is 2. The number of aliphatic hydroxyl groups is 1. The number of halogens is 3. The van der Waals surface area contributed by atoms with Crippen LogP contribution in [0.4, 0.5) is 0 Å². The first-order chi connectivity index (χ1) is 19.6. The summed E-state index contributed by atoms with van der Waals surface area (Å²) in [6.07, 6.45) is 0.864.